The van der Waals surface area contributed by atoms with Crippen molar-refractivity contribution in [2.45, 2.75) is 0 Å². The van der Waals surface area contributed by atoms with Crippen LogP contribution in [0, 0.1) is 0 Å². The number of alkyl halides is 1. The molecule has 0 saturated heterocycles. The summed E-state index contributed by atoms with van der Waals surface area (Å²) in [4.78, 5) is 20.4. The fraction of sp³-hybridized carbons (Fsp3) is 0.500. The molecule has 0 atom stereocenters. The summed E-state index contributed by atoms with van der Waals surface area (Å²) in [5.41, 5.74) is 4.74. The van der Waals surface area contributed by atoms with Gasteiger partial charge < -0.3 is 11.1 Å². The van der Waals surface area contributed by atoms with Crippen molar-refractivity contribution < 1.29 is 9.59 Å². The third kappa shape index (κ3) is 5.54. The van der Waals surface area contributed by atoms with Gasteiger partial charge >= 0.3 is 0 Å². The number of nitrogens with two attached hydrogens (primary N) is 1. The Morgan fingerprint density at radius 1 is 1.56 bits per heavy atom. The van der Waals surface area contributed by atoms with Crippen LogP contribution in [0.3, 0.4) is 0 Å². The second-order valence-corrected chi connectivity index (χ2v) is 2.14. The SMILES string of the molecule is NC(=O)CNC(=O)CI. The number of nitrogens with one attached hydrogen (secondary N) is 1. The molecule has 0 heterocycles. The largest absolute Gasteiger partial charge is 0.368 e. The molecule has 0 aromatic carbocycles. The third-order valence-electron chi connectivity index (χ3n) is 0.581. The molecule has 0 aliphatic heterocycles. The van der Waals surface area contributed by atoms with Crippen molar-refractivity contribution in [1.29, 1.82) is 0 Å². The summed E-state index contributed by atoms with van der Waals surface area (Å²) in [6, 6.07) is 0. The second kappa shape index (κ2) is 4.54. The number of halogens is 1. The molecule has 0 rings (SSSR count). The lowest BCUT2D eigenvalue weighted by Gasteiger charge is -1.96. The lowest BCUT2D eigenvalue weighted by atomic mass is 10.6. The second-order valence-electron chi connectivity index (χ2n) is 1.38. The van der Waals surface area contributed by atoms with E-state index >= 15 is 0 Å². The van der Waals surface area contributed by atoms with Gasteiger partial charge in [0.25, 0.3) is 0 Å². The molecule has 0 fully saturated rings. The lowest BCUT2D eigenvalue weighted by molar-refractivity contribution is -0.123. The van der Waals surface area contributed by atoms with Crippen molar-refractivity contribution in [3.63, 3.8) is 0 Å². The van der Waals surface area contributed by atoms with Gasteiger partial charge in [0.1, 0.15) is 0 Å². The molecule has 2 amide bonds. The van der Waals surface area contributed by atoms with E-state index in [2.05, 4.69) is 5.32 Å². The summed E-state index contributed by atoms with van der Waals surface area (Å²) < 4.78 is 0.352. The first-order valence-corrected chi connectivity index (χ1v) is 3.80. The maximum Gasteiger partial charge on any atom is 0.236 e. The van der Waals surface area contributed by atoms with E-state index in [-0.39, 0.29) is 12.5 Å². The van der Waals surface area contributed by atoms with Crippen LogP contribution in [0.4, 0.5) is 0 Å². The van der Waals surface area contributed by atoms with Crippen molar-refractivity contribution >= 4 is 34.4 Å². The van der Waals surface area contributed by atoms with Crippen LogP contribution in [-0.4, -0.2) is 22.8 Å². The van der Waals surface area contributed by atoms with E-state index in [0.717, 1.165) is 0 Å². The highest BCUT2D eigenvalue weighted by molar-refractivity contribution is 14.1. The van der Waals surface area contributed by atoms with Gasteiger partial charge in [-0.2, -0.15) is 0 Å². The molecule has 0 bridgehead atoms. The van der Waals surface area contributed by atoms with E-state index in [1.807, 2.05) is 22.6 Å². The van der Waals surface area contributed by atoms with Gasteiger partial charge in [-0.1, -0.05) is 22.6 Å². The molecule has 0 aliphatic carbocycles. The molecule has 52 valence electrons. The predicted octanol–water partition coefficient (Wildman–Crippen LogP) is -0.977. The number of hydrogen-bond donors (Lipinski definition) is 2. The fourth-order valence-corrected chi connectivity index (χ4v) is 0.503. The first kappa shape index (κ1) is 8.67. The zero-order valence-electron chi connectivity index (χ0n) is 4.69. The highest BCUT2D eigenvalue weighted by atomic mass is 127. The average molecular weight is 242 g/mol. The molecule has 0 radical (unpaired) electrons. The van der Waals surface area contributed by atoms with Gasteiger partial charge in [0.2, 0.25) is 11.8 Å². The molecule has 0 saturated carbocycles. The highest BCUT2D eigenvalue weighted by Crippen LogP contribution is 1.77. The Morgan fingerprint density at radius 2 is 2.11 bits per heavy atom. The standard InChI is InChI=1S/C4H7IN2O2/c5-1-4(9)7-2-3(6)8/h1-2H2,(H2,6,8)(H,7,9). The number of amides is 2. The number of carbonyl (C=O) groups excluding carboxylic acids is 2. The van der Waals surface area contributed by atoms with Gasteiger partial charge in [0, 0.05) is 0 Å². The Hall–Kier alpha value is -0.330. The highest BCUT2D eigenvalue weighted by Gasteiger charge is 1.97. The number of carbonyl (C=O) groups is 2. The third-order valence-corrected chi connectivity index (χ3v) is 1.27. The summed E-state index contributed by atoms with van der Waals surface area (Å²) >= 11 is 1.90. The molecule has 5 heteroatoms. The minimum Gasteiger partial charge on any atom is -0.368 e. The smallest absolute Gasteiger partial charge is 0.236 e. The van der Waals surface area contributed by atoms with Crippen LogP contribution in [0.25, 0.3) is 0 Å². The monoisotopic (exact) mass is 242 g/mol. The lowest BCUT2D eigenvalue weighted by Crippen LogP contribution is -2.33. The van der Waals surface area contributed by atoms with Crippen LogP contribution in [0.2, 0.25) is 0 Å². The van der Waals surface area contributed by atoms with Crippen molar-refractivity contribution in [1.82, 2.24) is 5.32 Å². The fourth-order valence-electron chi connectivity index (χ4n) is 0.233. The van der Waals surface area contributed by atoms with E-state index in [4.69, 9.17) is 5.73 Å². The molecular formula is C4H7IN2O2. The van der Waals surface area contributed by atoms with Gasteiger partial charge in [0.05, 0.1) is 11.0 Å². The van der Waals surface area contributed by atoms with Crippen molar-refractivity contribution in [2.75, 3.05) is 11.0 Å². The van der Waals surface area contributed by atoms with Crippen molar-refractivity contribution in [3.05, 3.63) is 0 Å². The zero-order valence-corrected chi connectivity index (χ0v) is 6.84. The Morgan fingerprint density at radius 3 is 2.44 bits per heavy atom. The van der Waals surface area contributed by atoms with E-state index in [1.165, 1.54) is 0 Å². The molecule has 0 aromatic rings. The molecule has 3 N–H and O–H groups in total. The number of primary amides is 1. The number of hydrogen-bond acceptors (Lipinski definition) is 2. The van der Waals surface area contributed by atoms with Gasteiger partial charge in [-0.15, -0.1) is 0 Å². The van der Waals surface area contributed by atoms with Crippen LogP contribution in [0.15, 0.2) is 0 Å². The summed E-state index contributed by atoms with van der Waals surface area (Å²) in [6.45, 7) is -0.0676. The van der Waals surface area contributed by atoms with Crippen LogP contribution in [0.1, 0.15) is 0 Å². The van der Waals surface area contributed by atoms with Crippen LogP contribution in [-0.2, 0) is 9.59 Å². The molecule has 0 spiro atoms. The molecule has 0 unspecified atom stereocenters. The Bertz CT molecular complexity index is 126. The van der Waals surface area contributed by atoms with Crippen LogP contribution < -0.4 is 11.1 Å². The summed E-state index contributed by atoms with van der Waals surface area (Å²) in [7, 11) is 0. The minimum atomic E-state index is -0.520. The van der Waals surface area contributed by atoms with E-state index in [0.29, 0.717) is 4.43 Å². The molecular weight excluding hydrogens is 235 g/mol. The predicted molar refractivity (Wildman–Crippen MR) is 41.1 cm³/mol. The molecule has 4 nitrogen and oxygen atoms in total. The average Bonchev–Trinajstić information content (AvgIpc) is 1.83. The van der Waals surface area contributed by atoms with Crippen molar-refractivity contribution in [3.8, 4) is 0 Å². The van der Waals surface area contributed by atoms with Crippen LogP contribution in [0.5, 0.6) is 0 Å². The van der Waals surface area contributed by atoms with Gasteiger partial charge in [-0.25, -0.2) is 0 Å². The number of rotatable bonds is 3. The Labute approximate surface area is 66.3 Å². The summed E-state index contributed by atoms with van der Waals surface area (Å²) in [5, 5.41) is 2.31. The van der Waals surface area contributed by atoms with Crippen molar-refractivity contribution in [2.24, 2.45) is 5.73 Å². The maximum absolute atomic E-state index is 10.4. The maximum atomic E-state index is 10.4. The Kier molecular flexibility index (Phi) is 4.37. The van der Waals surface area contributed by atoms with Gasteiger partial charge in [0.15, 0.2) is 0 Å². The van der Waals surface area contributed by atoms with Gasteiger partial charge in [-0.05, 0) is 0 Å². The molecule has 0 aliphatic rings. The zero-order chi connectivity index (χ0) is 7.28. The summed E-state index contributed by atoms with van der Waals surface area (Å²) in [5.74, 6) is -0.692. The summed E-state index contributed by atoms with van der Waals surface area (Å²) in [6.07, 6.45) is 0. The molecule has 0 aromatic heterocycles. The van der Waals surface area contributed by atoms with E-state index in [1.54, 1.807) is 0 Å². The first-order valence-electron chi connectivity index (χ1n) is 2.27. The van der Waals surface area contributed by atoms with Crippen LogP contribution >= 0.6 is 22.6 Å². The molecule has 9 heavy (non-hydrogen) atoms. The normalized spacial score (nSPS) is 8.56. The van der Waals surface area contributed by atoms with Gasteiger partial charge in [-0.3, -0.25) is 9.59 Å². The topological polar surface area (TPSA) is 72.2 Å². The minimum absolute atomic E-state index is 0.0676. The quantitative estimate of drug-likeness (QED) is 0.493. The Balaban J connectivity index is 3.28. The van der Waals surface area contributed by atoms with E-state index in [9.17, 15) is 9.59 Å². The first-order chi connectivity index (χ1) is 4.16. The van der Waals surface area contributed by atoms with E-state index < -0.39 is 5.91 Å².